The average molecular weight is 185 g/mol. The lowest BCUT2D eigenvalue weighted by Crippen LogP contribution is -2.50. The second kappa shape index (κ2) is 3.77. The van der Waals surface area contributed by atoms with Crippen molar-refractivity contribution in [3.05, 3.63) is 0 Å². The number of aliphatic carboxylic acids is 1. The molecule has 0 aliphatic carbocycles. The molecule has 4 heteroatoms. The summed E-state index contributed by atoms with van der Waals surface area (Å²) in [7, 11) is 0. The summed E-state index contributed by atoms with van der Waals surface area (Å²) >= 11 is 0. The Morgan fingerprint density at radius 1 is 1.54 bits per heavy atom. The molecule has 0 fully saturated rings. The van der Waals surface area contributed by atoms with E-state index in [1.54, 1.807) is 13.8 Å². The van der Waals surface area contributed by atoms with Crippen molar-refractivity contribution < 1.29 is 15.0 Å². The van der Waals surface area contributed by atoms with Crippen LogP contribution < -0.4 is 5.32 Å². The Morgan fingerprint density at radius 2 is 2.00 bits per heavy atom. The molecular formula is C9H15NO3. The Kier molecular flexibility index (Phi) is 3.47. The van der Waals surface area contributed by atoms with Gasteiger partial charge in [-0.05, 0) is 20.8 Å². The number of carbonyl (C=O) groups is 1. The highest BCUT2D eigenvalue weighted by Crippen LogP contribution is 2.05. The van der Waals surface area contributed by atoms with Gasteiger partial charge < -0.3 is 10.2 Å². The molecule has 1 atom stereocenters. The van der Waals surface area contributed by atoms with Crippen LogP contribution in [0.15, 0.2) is 0 Å². The lowest BCUT2D eigenvalue weighted by atomic mass is 10.0. The average Bonchev–Trinajstić information content (AvgIpc) is 2.01. The Hall–Kier alpha value is -1.05. The number of hydrogen-bond donors (Lipinski definition) is 3. The van der Waals surface area contributed by atoms with Crippen LogP contribution in [0, 0.1) is 12.3 Å². The monoisotopic (exact) mass is 185 g/mol. The summed E-state index contributed by atoms with van der Waals surface area (Å²) < 4.78 is 0. The van der Waals surface area contributed by atoms with Crippen molar-refractivity contribution in [2.75, 3.05) is 6.54 Å². The van der Waals surface area contributed by atoms with Crippen LogP contribution in [-0.4, -0.2) is 33.9 Å². The fraction of sp³-hybridized carbons (Fsp3) is 0.667. The largest absolute Gasteiger partial charge is 0.479 e. The molecule has 0 heterocycles. The first-order chi connectivity index (χ1) is 5.71. The summed E-state index contributed by atoms with van der Waals surface area (Å²) in [5, 5.41) is 20.7. The molecule has 0 amide bonds. The fourth-order valence-corrected chi connectivity index (χ4v) is 0.520. The maximum Gasteiger partial charge on any atom is 0.336 e. The Labute approximate surface area is 78.0 Å². The Balaban J connectivity index is 4.19. The van der Waals surface area contributed by atoms with E-state index in [-0.39, 0.29) is 6.54 Å². The second-order valence-electron chi connectivity index (χ2n) is 3.70. The molecular weight excluding hydrogens is 170 g/mol. The first-order valence-electron chi connectivity index (χ1n) is 3.90. The van der Waals surface area contributed by atoms with Crippen molar-refractivity contribution in [3.63, 3.8) is 0 Å². The molecule has 0 aromatic carbocycles. The number of carboxylic acid groups (broad SMARTS) is 1. The Morgan fingerprint density at radius 3 is 2.31 bits per heavy atom. The van der Waals surface area contributed by atoms with Gasteiger partial charge in [0.15, 0.2) is 5.60 Å². The minimum absolute atomic E-state index is 0.0838. The maximum absolute atomic E-state index is 10.5. The molecule has 0 spiro atoms. The molecule has 0 aliphatic rings. The van der Waals surface area contributed by atoms with Gasteiger partial charge in [-0.25, -0.2) is 4.79 Å². The molecule has 74 valence electrons. The quantitative estimate of drug-likeness (QED) is 0.531. The van der Waals surface area contributed by atoms with E-state index in [0.717, 1.165) is 0 Å². The Bertz CT molecular complexity index is 238. The zero-order valence-corrected chi connectivity index (χ0v) is 8.09. The van der Waals surface area contributed by atoms with Crippen molar-refractivity contribution in [2.24, 2.45) is 0 Å². The molecule has 0 aromatic rings. The van der Waals surface area contributed by atoms with Crippen LogP contribution >= 0.6 is 0 Å². The summed E-state index contributed by atoms with van der Waals surface area (Å²) in [6.45, 7) is 4.59. The topological polar surface area (TPSA) is 69.6 Å². The molecule has 0 rings (SSSR count). The van der Waals surface area contributed by atoms with Crippen molar-refractivity contribution >= 4 is 5.97 Å². The summed E-state index contributed by atoms with van der Waals surface area (Å²) in [6, 6.07) is 0. The van der Waals surface area contributed by atoms with Crippen molar-refractivity contribution in [1.29, 1.82) is 0 Å². The first-order valence-corrected chi connectivity index (χ1v) is 3.90. The van der Waals surface area contributed by atoms with E-state index in [1.807, 2.05) is 0 Å². The number of carboxylic acids is 1. The van der Waals surface area contributed by atoms with Crippen LogP contribution in [0.4, 0.5) is 0 Å². The van der Waals surface area contributed by atoms with Gasteiger partial charge in [0.1, 0.15) is 0 Å². The molecule has 4 nitrogen and oxygen atoms in total. The van der Waals surface area contributed by atoms with Crippen LogP contribution in [0.3, 0.4) is 0 Å². The van der Waals surface area contributed by atoms with Crippen LogP contribution in [0.1, 0.15) is 20.8 Å². The van der Waals surface area contributed by atoms with E-state index in [2.05, 4.69) is 11.2 Å². The summed E-state index contributed by atoms with van der Waals surface area (Å²) in [5.41, 5.74) is -2.40. The van der Waals surface area contributed by atoms with Gasteiger partial charge in [0.05, 0.1) is 5.54 Å². The maximum atomic E-state index is 10.5. The predicted octanol–water partition coefficient (Wildman–Crippen LogP) is -0.177. The van der Waals surface area contributed by atoms with E-state index >= 15 is 0 Å². The first kappa shape index (κ1) is 11.9. The fourth-order valence-electron chi connectivity index (χ4n) is 0.520. The standard InChI is InChI=1S/C9H15NO3/c1-5-8(2,3)10-6-9(4,13)7(11)12/h1,10,13H,6H2,2-4H3,(H,11,12). The van der Waals surface area contributed by atoms with Gasteiger partial charge in [-0.3, -0.25) is 5.32 Å². The van der Waals surface area contributed by atoms with Crippen molar-refractivity contribution in [3.8, 4) is 12.3 Å². The molecule has 1 unspecified atom stereocenters. The number of nitrogens with one attached hydrogen (secondary N) is 1. The lowest BCUT2D eigenvalue weighted by molar-refractivity contribution is -0.156. The van der Waals surface area contributed by atoms with E-state index in [0.29, 0.717) is 0 Å². The highest BCUT2D eigenvalue weighted by atomic mass is 16.4. The van der Waals surface area contributed by atoms with Gasteiger partial charge in [0, 0.05) is 6.54 Å². The number of aliphatic hydroxyl groups is 1. The number of terminal acetylenes is 1. The van der Waals surface area contributed by atoms with E-state index in [4.69, 9.17) is 11.5 Å². The lowest BCUT2D eigenvalue weighted by Gasteiger charge is -2.25. The zero-order chi connectivity index (χ0) is 10.7. The predicted molar refractivity (Wildman–Crippen MR) is 49.2 cm³/mol. The molecule has 13 heavy (non-hydrogen) atoms. The summed E-state index contributed by atoms with van der Waals surface area (Å²) in [4.78, 5) is 10.5. The molecule has 0 radical (unpaired) electrons. The van der Waals surface area contributed by atoms with Gasteiger partial charge in [-0.1, -0.05) is 5.92 Å². The minimum atomic E-state index is -1.78. The second-order valence-corrected chi connectivity index (χ2v) is 3.70. The number of hydrogen-bond acceptors (Lipinski definition) is 3. The van der Waals surface area contributed by atoms with Gasteiger partial charge in [-0.2, -0.15) is 0 Å². The highest BCUT2D eigenvalue weighted by molar-refractivity contribution is 5.76. The number of rotatable bonds is 4. The van der Waals surface area contributed by atoms with E-state index < -0.39 is 17.1 Å². The molecule has 0 bridgehead atoms. The van der Waals surface area contributed by atoms with Gasteiger partial charge in [0.2, 0.25) is 0 Å². The smallest absolute Gasteiger partial charge is 0.336 e. The van der Waals surface area contributed by atoms with Crippen LogP contribution in [0.25, 0.3) is 0 Å². The van der Waals surface area contributed by atoms with Gasteiger partial charge >= 0.3 is 5.97 Å². The normalized spacial score (nSPS) is 15.9. The summed E-state index contributed by atoms with van der Waals surface area (Å²) in [5.74, 6) is 1.17. The SMILES string of the molecule is C#CC(C)(C)NCC(C)(O)C(=O)O. The highest BCUT2D eigenvalue weighted by Gasteiger charge is 2.31. The van der Waals surface area contributed by atoms with Crippen LogP contribution in [0.2, 0.25) is 0 Å². The molecule has 3 N–H and O–H groups in total. The zero-order valence-electron chi connectivity index (χ0n) is 8.09. The van der Waals surface area contributed by atoms with Crippen molar-refractivity contribution in [2.45, 2.75) is 31.9 Å². The van der Waals surface area contributed by atoms with Crippen LogP contribution in [0.5, 0.6) is 0 Å². The molecule has 0 aliphatic heterocycles. The van der Waals surface area contributed by atoms with Gasteiger partial charge in [0.25, 0.3) is 0 Å². The third kappa shape index (κ3) is 3.92. The van der Waals surface area contributed by atoms with Crippen molar-refractivity contribution in [1.82, 2.24) is 5.32 Å². The third-order valence-corrected chi connectivity index (χ3v) is 1.70. The van der Waals surface area contributed by atoms with E-state index in [1.165, 1.54) is 6.92 Å². The van der Waals surface area contributed by atoms with Crippen LogP contribution in [-0.2, 0) is 4.79 Å². The molecule has 0 saturated carbocycles. The minimum Gasteiger partial charge on any atom is -0.479 e. The molecule has 0 aromatic heterocycles. The summed E-state index contributed by atoms with van der Waals surface area (Å²) in [6.07, 6.45) is 5.17. The number of β-amino-alcohol motifs (C(OH)–C–C–N with tert-alkyl or cyclic N) is 1. The van der Waals surface area contributed by atoms with E-state index in [9.17, 15) is 9.90 Å². The molecule has 0 saturated heterocycles. The third-order valence-electron chi connectivity index (χ3n) is 1.70. The van der Waals surface area contributed by atoms with Gasteiger partial charge in [-0.15, -0.1) is 6.42 Å².